The zero-order valence-electron chi connectivity index (χ0n) is 9.58. The lowest BCUT2D eigenvalue weighted by Crippen LogP contribution is -2.32. The molecule has 0 aliphatic heterocycles. The first kappa shape index (κ1) is 12.3. The molecule has 1 aliphatic carbocycles. The smallest absolute Gasteiger partial charge is 0.143 e. The fraction of sp³-hybridized carbons (Fsp3) is 0.909. The molecule has 1 aliphatic rings. The lowest BCUT2D eigenvalue weighted by Gasteiger charge is -2.13. The van der Waals surface area contributed by atoms with Gasteiger partial charge in [0.25, 0.3) is 0 Å². The van der Waals surface area contributed by atoms with Crippen molar-refractivity contribution in [3.63, 3.8) is 0 Å². The summed E-state index contributed by atoms with van der Waals surface area (Å²) in [6.45, 7) is 3.80. The van der Waals surface area contributed by atoms with Gasteiger partial charge in [0.05, 0.1) is 0 Å². The van der Waals surface area contributed by atoms with Gasteiger partial charge < -0.3 is 16.3 Å². The minimum Gasteiger partial charge on any atom is -0.409 e. The maximum Gasteiger partial charge on any atom is 0.143 e. The third kappa shape index (κ3) is 4.51. The summed E-state index contributed by atoms with van der Waals surface area (Å²) >= 11 is 0. The largest absolute Gasteiger partial charge is 0.409 e. The van der Waals surface area contributed by atoms with Crippen LogP contribution in [0.5, 0.6) is 0 Å². The van der Waals surface area contributed by atoms with E-state index in [9.17, 15) is 0 Å². The second-order valence-electron chi connectivity index (χ2n) is 4.57. The van der Waals surface area contributed by atoms with E-state index < -0.39 is 0 Å². The highest BCUT2D eigenvalue weighted by molar-refractivity contribution is 5.82. The monoisotopic (exact) mass is 213 g/mol. The van der Waals surface area contributed by atoms with Crippen molar-refractivity contribution in [3.05, 3.63) is 0 Å². The average molecular weight is 213 g/mol. The lowest BCUT2D eigenvalue weighted by atomic mass is 10.0. The van der Waals surface area contributed by atoms with E-state index in [-0.39, 0.29) is 5.92 Å². The van der Waals surface area contributed by atoms with E-state index in [2.05, 4.69) is 10.5 Å². The van der Waals surface area contributed by atoms with Crippen LogP contribution in [0.15, 0.2) is 5.16 Å². The van der Waals surface area contributed by atoms with Gasteiger partial charge in [0.15, 0.2) is 0 Å². The van der Waals surface area contributed by atoms with E-state index >= 15 is 0 Å². The van der Waals surface area contributed by atoms with Crippen molar-refractivity contribution >= 4 is 5.84 Å². The Kier molecular flexibility index (Phi) is 5.47. The van der Waals surface area contributed by atoms with Gasteiger partial charge in [-0.05, 0) is 18.9 Å². The van der Waals surface area contributed by atoms with Crippen LogP contribution >= 0.6 is 0 Å². The van der Waals surface area contributed by atoms with Crippen LogP contribution < -0.4 is 11.1 Å². The topological polar surface area (TPSA) is 70.6 Å². The SMILES string of the molecule is CC(CNCCC1CCCC1)C(N)=NO. The summed E-state index contributed by atoms with van der Waals surface area (Å²) in [7, 11) is 0. The number of nitrogens with one attached hydrogen (secondary N) is 1. The second kappa shape index (κ2) is 6.67. The van der Waals surface area contributed by atoms with Gasteiger partial charge in [-0.2, -0.15) is 0 Å². The van der Waals surface area contributed by atoms with Crippen molar-refractivity contribution in [1.82, 2.24) is 5.32 Å². The Morgan fingerprint density at radius 1 is 1.53 bits per heavy atom. The fourth-order valence-corrected chi connectivity index (χ4v) is 2.13. The van der Waals surface area contributed by atoms with Crippen molar-refractivity contribution in [1.29, 1.82) is 0 Å². The molecule has 4 N–H and O–H groups in total. The molecule has 0 heterocycles. The van der Waals surface area contributed by atoms with Gasteiger partial charge in [0, 0.05) is 12.5 Å². The van der Waals surface area contributed by atoms with Gasteiger partial charge >= 0.3 is 0 Å². The second-order valence-corrected chi connectivity index (χ2v) is 4.57. The molecule has 0 saturated heterocycles. The Morgan fingerprint density at radius 2 is 2.20 bits per heavy atom. The number of oxime groups is 1. The lowest BCUT2D eigenvalue weighted by molar-refractivity contribution is 0.314. The zero-order chi connectivity index (χ0) is 11.1. The third-order valence-electron chi connectivity index (χ3n) is 3.28. The van der Waals surface area contributed by atoms with Crippen molar-refractivity contribution in [3.8, 4) is 0 Å². The van der Waals surface area contributed by atoms with Crippen LogP contribution in [0, 0.1) is 11.8 Å². The number of nitrogens with two attached hydrogens (primary N) is 1. The van der Waals surface area contributed by atoms with Crippen LogP contribution in [0.4, 0.5) is 0 Å². The molecule has 1 rings (SSSR count). The molecule has 1 fully saturated rings. The number of hydrogen-bond donors (Lipinski definition) is 3. The molecule has 0 aromatic carbocycles. The molecule has 0 spiro atoms. The van der Waals surface area contributed by atoms with Crippen LogP contribution in [-0.4, -0.2) is 24.1 Å². The molecule has 0 aromatic heterocycles. The van der Waals surface area contributed by atoms with Crippen LogP contribution in [0.2, 0.25) is 0 Å². The summed E-state index contributed by atoms with van der Waals surface area (Å²) in [5, 5.41) is 14.8. The molecular weight excluding hydrogens is 190 g/mol. The van der Waals surface area contributed by atoms with Gasteiger partial charge in [-0.25, -0.2) is 0 Å². The minimum atomic E-state index is 0.110. The third-order valence-corrected chi connectivity index (χ3v) is 3.28. The molecule has 4 nitrogen and oxygen atoms in total. The summed E-state index contributed by atoms with van der Waals surface area (Å²) in [5.74, 6) is 1.35. The molecule has 4 heteroatoms. The molecule has 1 atom stereocenters. The Morgan fingerprint density at radius 3 is 2.80 bits per heavy atom. The van der Waals surface area contributed by atoms with E-state index in [0.717, 1.165) is 19.0 Å². The van der Waals surface area contributed by atoms with E-state index in [1.807, 2.05) is 6.92 Å². The van der Waals surface area contributed by atoms with E-state index in [1.165, 1.54) is 32.1 Å². The highest BCUT2D eigenvalue weighted by Crippen LogP contribution is 2.26. The van der Waals surface area contributed by atoms with Gasteiger partial charge in [-0.3, -0.25) is 0 Å². The first-order chi connectivity index (χ1) is 7.24. The van der Waals surface area contributed by atoms with Gasteiger partial charge in [-0.1, -0.05) is 37.8 Å². The Bertz CT molecular complexity index is 200. The molecule has 1 unspecified atom stereocenters. The maximum atomic E-state index is 8.47. The molecule has 0 aromatic rings. The van der Waals surface area contributed by atoms with Gasteiger partial charge in [0.2, 0.25) is 0 Å². The van der Waals surface area contributed by atoms with Crippen molar-refractivity contribution < 1.29 is 5.21 Å². The van der Waals surface area contributed by atoms with Crippen molar-refractivity contribution in [2.75, 3.05) is 13.1 Å². The quantitative estimate of drug-likeness (QED) is 0.206. The van der Waals surface area contributed by atoms with E-state index in [0.29, 0.717) is 5.84 Å². The highest BCUT2D eigenvalue weighted by Gasteiger charge is 2.14. The number of hydrogen-bond acceptors (Lipinski definition) is 3. The highest BCUT2D eigenvalue weighted by atomic mass is 16.4. The molecule has 0 amide bonds. The maximum absolute atomic E-state index is 8.47. The minimum absolute atomic E-state index is 0.110. The summed E-state index contributed by atoms with van der Waals surface area (Å²) < 4.78 is 0. The van der Waals surface area contributed by atoms with Crippen LogP contribution in [0.25, 0.3) is 0 Å². The van der Waals surface area contributed by atoms with Gasteiger partial charge in [-0.15, -0.1) is 0 Å². The van der Waals surface area contributed by atoms with E-state index in [4.69, 9.17) is 10.9 Å². The van der Waals surface area contributed by atoms with Crippen LogP contribution in [0.3, 0.4) is 0 Å². The summed E-state index contributed by atoms with van der Waals surface area (Å²) in [6.07, 6.45) is 6.88. The first-order valence-electron chi connectivity index (χ1n) is 5.92. The Balaban J connectivity index is 2.00. The zero-order valence-corrected chi connectivity index (χ0v) is 9.58. The molecule has 0 radical (unpaired) electrons. The number of amidine groups is 1. The summed E-state index contributed by atoms with van der Waals surface area (Å²) in [4.78, 5) is 0. The molecule has 88 valence electrons. The molecular formula is C11H23N3O. The van der Waals surface area contributed by atoms with Crippen molar-refractivity contribution in [2.24, 2.45) is 22.7 Å². The summed E-state index contributed by atoms with van der Waals surface area (Å²) in [6, 6.07) is 0. The average Bonchev–Trinajstić information content (AvgIpc) is 2.75. The summed E-state index contributed by atoms with van der Waals surface area (Å²) in [5.41, 5.74) is 5.48. The normalized spacial score (nSPS) is 20.7. The molecule has 0 bridgehead atoms. The first-order valence-corrected chi connectivity index (χ1v) is 5.92. The predicted molar refractivity (Wildman–Crippen MR) is 62.0 cm³/mol. The number of nitrogens with zero attached hydrogens (tertiary/aromatic N) is 1. The van der Waals surface area contributed by atoms with E-state index in [1.54, 1.807) is 0 Å². The van der Waals surface area contributed by atoms with Crippen molar-refractivity contribution in [2.45, 2.75) is 39.0 Å². The van der Waals surface area contributed by atoms with Gasteiger partial charge in [0.1, 0.15) is 5.84 Å². The Hall–Kier alpha value is -0.770. The predicted octanol–water partition coefficient (Wildman–Crippen LogP) is 1.54. The Labute approximate surface area is 91.9 Å². The number of rotatable bonds is 6. The van der Waals surface area contributed by atoms with Crippen LogP contribution in [0.1, 0.15) is 39.0 Å². The standard InChI is InChI=1S/C11H23N3O/c1-9(11(12)14-15)8-13-7-6-10-4-2-3-5-10/h9-10,13,15H,2-8H2,1H3,(H2,12,14). The fourth-order valence-electron chi connectivity index (χ4n) is 2.13. The molecule has 15 heavy (non-hydrogen) atoms. The van der Waals surface area contributed by atoms with Crippen LogP contribution in [-0.2, 0) is 0 Å². The molecule has 1 saturated carbocycles.